The lowest BCUT2D eigenvalue weighted by atomic mass is 9.62. The number of ketones is 2. The quantitative estimate of drug-likeness (QED) is 0.548. The molecule has 0 saturated carbocycles. The summed E-state index contributed by atoms with van der Waals surface area (Å²) in [4.78, 5) is 23.7. The molecule has 0 aromatic heterocycles. The van der Waals surface area contributed by atoms with Crippen molar-refractivity contribution in [3.8, 4) is 0 Å². The van der Waals surface area contributed by atoms with Gasteiger partial charge in [-0.25, -0.2) is 0 Å². The second-order valence-electron chi connectivity index (χ2n) is 4.44. The summed E-state index contributed by atoms with van der Waals surface area (Å²) in [5.41, 5.74) is 0.151. The second kappa shape index (κ2) is 2.91. The number of allylic oxidation sites excluding steroid dienone is 4. The lowest BCUT2D eigenvalue weighted by molar-refractivity contribution is -0.136. The second-order valence-corrected chi connectivity index (χ2v) is 4.44. The topological polar surface area (TPSA) is 34.1 Å². The van der Waals surface area contributed by atoms with Crippen molar-refractivity contribution < 1.29 is 9.59 Å². The highest BCUT2D eigenvalue weighted by atomic mass is 16.1. The van der Waals surface area contributed by atoms with Crippen LogP contribution in [-0.2, 0) is 9.59 Å². The molecule has 2 aliphatic carbocycles. The Kier molecular flexibility index (Phi) is 1.95. The van der Waals surface area contributed by atoms with Crippen molar-refractivity contribution in [3.63, 3.8) is 0 Å². The first-order valence-electron chi connectivity index (χ1n) is 4.97. The number of carbonyl (C=O) groups excluding carboxylic acids is 2. The predicted octanol–water partition coefficient (Wildman–Crippen LogP) is 2.06. The fourth-order valence-corrected chi connectivity index (χ4v) is 2.34. The third kappa shape index (κ3) is 1.10. The molecule has 0 heterocycles. The van der Waals surface area contributed by atoms with Gasteiger partial charge in [0.05, 0.1) is 0 Å². The van der Waals surface area contributed by atoms with Crippen LogP contribution in [0.1, 0.15) is 26.7 Å². The minimum absolute atomic E-state index is 0.115. The zero-order valence-electron chi connectivity index (χ0n) is 8.54. The molecule has 2 atom stereocenters. The van der Waals surface area contributed by atoms with E-state index in [0.29, 0.717) is 18.4 Å². The Labute approximate surface area is 83.7 Å². The number of hydrogen-bond acceptors (Lipinski definition) is 2. The summed E-state index contributed by atoms with van der Waals surface area (Å²) >= 11 is 0. The summed E-state index contributed by atoms with van der Waals surface area (Å²) in [6.07, 6.45) is 6.95. The Bertz CT molecular complexity index is 363. The molecular weight excluding hydrogens is 176 g/mol. The first kappa shape index (κ1) is 9.38. The summed E-state index contributed by atoms with van der Waals surface area (Å²) in [5.74, 6) is 0.144. The molecule has 0 fully saturated rings. The lowest BCUT2D eigenvalue weighted by Gasteiger charge is -2.38. The number of Topliss-reactive ketones (excluding diaryl/α,β-unsaturated/α-hetero) is 1. The van der Waals surface area contributed by atoms with Gasteiger partial charge in [0.15, 0.2) is 11.6 Å². The monoisotopic (exact) mass is 190 g/mol. The lowest BCUT2D eigenvalue weighted by Crippen LogP contribution is -2.44. The number of fused-ring (bicyclic) bond motifs is 1. The van der Waals surface area contributed by atoms with E-state index in [1.54, 1.807) is 6.92 Å². The highest BCUT2D eigenvalue weighted by Crippen LogP contribution is 2.43. The normalized spacial score (nSPS) is 36.7. The molecule has 74 valence electrons. The molecule has 0 spiro atoms. The van der Waals surface area contributed by atoms with Crippen molar-refractivity contribution in [1.29, 1.82) is 0 Å². The van der Waals surface area contributed by atoms with Crippen molar-refractivity contribution >= 4 is 11.6 Å². The van der Waals surface area contributed by atoms with Crippen LogP contribution in [0.4, 0.5) is 0 Å². The molecule has 2 nitrogen and oxygen atoms in total. The van der Waals surface area contributed by atoms with Gasteiger partial charge in [-0.15, -0.1) is 0 Å². The van der Waals surface area contributed by atoms with Crippen LogP contribution in [0.25, 0.3) is 0 Å². The van der Waals surface area contributed by atoms with Crippen molar-refractivity contribution in [1.82, 2.24) is 0 Å². The summed E-state index contributed by atoms with van der Waals surface area (Å²) in [7, 11) is 0. The van der Waals surface area contributed by atoms with E-state index in [4.69, 9.17) is 0 Å². The maximum Gasteiger partial charge on any atom is 0.163 e. The first-order chi connectivity index (χ1) is 6.55. The molecule has 2 aliphatic rings. The van der Waals surface area contributed by atoms with Gasteiger partial charge in [0.2, 0.25) is 0 Å². The molecule has 0 unspecified atom stereocenters. The van der Waals surface area contributed by atoms with E-state index in [2.05, 4.69) is 0 Å². The highest BCUT2D eigenvalue weighted by Gasteiger charge is 2.46. The Hall–Kier alpha value is -1.18. The molecular formula is C12H14O2. The number of hydrogen-bond donors (Lipinski definition) is 0. The van der Waals surface area contributed by atoms with Crippen molar-refractivity contribution in [2.24, 2.45) is 11.3 Å². The van der Waals surface area contributed by atoms with E-state index in [-0.39, 0.29) is 17.5 Å². The molecule has 2 heteroatoms. The van der Waals surface area contributed by atoms with Crippen molar-refractivity contribution in [2.75, 3.05) is 0 Å². The Balaban J connectivity index is 2.49. The zero-order valence-corrected chi connectivity index (χ0v) is 8.54. The Morgan fingerprint density at radius 3 is 2.79 bits per heavy atom. The van der Waals surface area contributed by atoms with Gasteiger partial charge in [0, 0.05) is 11.3 Å². The van der Waals surface area contributed by atoms with Crippen LogP contribution in [0.3, 0.4) is 0 Å². The van der Waals surface area contributed by atoms with Crippen LogP contribution >= 0.6 is 0 Å². The summed E-state index contributed by atoms with van der Waals surface area (Å²) < 4.78 is 0. The molecule has 0 aromatic carbocycles. The predicted molar refractivity (Wildman–Crippen MR) is 53.7 cm³/mol. The Morgan fingerprint density at radius 2 is 2.07 bits per heavy atom. The van der Waals surface area contributed by atoms with Crippen molar-refractivity contribution in [2.45, 2.75) is 26.7 Å². The van der Waals surface area contributed by atoms with Gasteiger partial charge in [-0.1, -0.05) is 19.1 Å². The van der Waals surface area contributed by atoms with Crippen LogP contribution in [0.15, 0.2) is 23.8 Å². The van der Waals surface area contributed by atoms with E-state index < -0.39 is 5.41 Å². The third-order valence-corrected chi connectivity index (χ3v) is 3.47. The largest absolute Gasteiger partial charge is 0.294 e. The number of rotatable bonds is 0. The van der Waals surface area contributed by atoms with Crippen LogP contribution in [0.2, 0.25) is 0 Å². The fourth-order valence-electron chi connectivity index (χ4n) is 2.34. The highest BCUT2D eigenvalue weighted by molar-refractivity contribution is 6.12. The van der Waals surface area contributed by atoms with Gasteiger partial charge in [0.1, 0.15) is 0 Å². The number of carbonyl (C=O) groups is 2. The average Bonchev–Trinajstić information content (AvgIpc) is 2.15. The minimum Gasteiger partial charge on any atom is -0.294 e. The van der Waals surface area contributed by atoms with Gasteiger partial charge in [-0.3, -0.25) is 9.59 Å². The van der Waals surface area contributed by atoms with Crippen LogP contribution < -0.4 is 0 Å². The molecule has 0 saturated heterocycles. The zero-order chi connectivity index (χ0) is 10.3. The van der Waals surface area contributed by atoms with Crippen LogP contribution in [-0.4, -0.2) is 11.6 Å². The molecule has 0 radical (unpaired) electrons. The van der Waals surface area contributed by atoms with E-state index in [9.17, 15) is 9.59 Å². The van der Waals surface area contributed by atoms with E-state index in [1.165, 1.54) is 6.08 Å². The van der Waals surface area contributed by atoms with Crippen LogP contribution in [0, 0.1) is 11.3 Å². The fraction of sp³-hybridized carbons (Fsp3) is 0.500. The van der Waals surface area contributed by atoms with Gasteiger partial charge in [0.25, 0.3) is 0 Å². The van der Waals surface area contributed by atoms with E-state index in [0.717, 1.165) is 0 Å². The minimum atomic E-state index is -0.467. The van der Waals surface area contributed by atoms with E-state index >= 15 is 0 Å². The average molecular weight is 190 g/mol. The summed E-state index contributed by atoms with van der Waals surface area (Å²) in [5, 5.41) is 0. The smallest absolute Gasteiger partial charge is 0.163 e. The van der Waals surface area contributed by atoms with E-state index in [1.807, 2.05) is 19.1 Å². The Morgan fingerprint density at radius 1 is 1.36 bits per heavy atom. The first-order valence-corrected chi connectivity index (χ1v) is 4.97. The van der Waals surface area contributed by atoms with Gasteiger partial charge in [-0.05, 0) is 31.4 Å². The third-order valence-electron chi connectivity index (χ3n) is 3.47. The summed E-state index contributed by atoms with van der Waals surface area (Å²) in [6.45, 7) is 3.64. The molecule has 0 aliphatic heterocycles. The molecule has 2 rings (SSSR count). The standard InChI is InChI=1S/C12H14O2/c1-8-7-10(13)12(2)6-4-3-5-9(12)11(8)14/h3-4,7,9H,5-6H2,1-2H3/t9-,12+/m0/s1. The van der Waals surface area contributed by atoms with Gasteiger partial charge >= 0.3 is 0 Å². The maximum atomic E-state index is 11.9. The van der Waals surface area contributed by atoms with Crippen LogP contribution in [0.5, 0.6) is 0 Å². The molecule has 0 amide bonds. The molecule has 14 heavy (non-hydrogen) atoms. The van der Waals surface area contributed by atoms with Crippen molar-refractivity contribution in [3.05, 3.63) is 23.8 Å². The molecule has 0 bridgehead atoms. The maximum absolute atomic E-state index is 11.9. The molecule has 0 N–H and O–H groups in total. The van der Waals surface area contributed by atoms with Gasteiger partial charge < -0.3 is 0 Å². The molecule has 0 aromatic rings. The SMILES string of the molecule is CC1=CC(=O)[C@]2(C)CC=CC[C@H]2C1=O. The summed E-state index contributed by atoms with van der Waals surface area (Å²) in [6, 6.07) is 0. The van der Waals surface area contributed by atoms with Gasteiger partial charge in [-0.2, -0.15) is 0 Å².